The van der Waals surface area contributed by atoms with Crippen LogP contribution in [0.5, 0.6) is 11.5 Å². The Kier molecular flexibility index (Phi) is 6.70. The topological polar surface area (TPSA) is 79.2 Å². The van der Waals surface area contributed by atoms with Gasteiger partial charge in [0.2, 0.25) is 0 Å². The minimum absolute atomic E-state index is 0.0370. The smallest absolute Gasteiger partial charge is 0.475 e. The van der Waals surface area contributed by atoms with Crippen LogP contribution in [0.2, 0.25) is 0 Å². The second-order valence-corrected chi connectivity index (χ2v) is 8.83. The minimum Gasteiger partial charge on any atom is -0.475 e. The van der Waals surface area contributed by atoms with E-state index < -0.39 is 18.2 Å². The molecule has 3 heterocycles. The highest BCUT2D eigenvalue weighted by molar-refractivity contribution is 7.13. The molecular weight excluding hydrogens is 445 g/mol. The van der Waals surface area contributed by atoms with Crippen LogP contribution >= 0.6 is 11.3 Å². The van der Waals surface area contributed by atoms with Crippen molar-refractivity contribution in [1.82, 2.24) is 15.2 Å². The summed E-state index contributed by atoms with van der Waals surface area (Å²) < 4.78 is 50.1. The standard InChI is InChI=1S/C21H25F3N4O3S/c1-3-16(29)14-8-15(20-26-6-7-32-20)18(17(25-2)19(14)31-21(22,23)24)30-11-28-9-12-4-5-13(10-28)27-12/h6-8,12-13,16,27,29H,2-5,9-11H2,1H3. The van der Waals surface area contributed by atoms with Crippen LogP contribution in [0.1, 0.15) is 37.9 Å². The lowest BCUT2D eigenvalue weighted by Crippen LogP contribution is -2.51. The van der Waals surface area contributed by atoms with Gasteiger partial charge < -0.3 is 19.9 Å². The highest BCUT2D eigenvalue weighted by Crippen LogP contribution is 2.50. The molecular formula is C21H25F3N4O3S. The van der Waals surface area contributed by atoms with E-state index in [-0.39, 0.29) is 30.2 Å². The number of nitrogens with zero attached hydrogens (tertiary/aromatic N) is 3. The van der Waals surface area contributed by atoms with Gasteiger partial charge in [0, 0.05) is 42.3 Å². The third-order valence-corrected chi connectivity index (χ3v) is 6.51. The van der Waals surface area contributed by atoms with Crippen LogP contribution in [0.3, 0.4) is 0 Å². The zero-order valence-corrected chi connectivity index (χ0v) is 18.4. The molecule has 3 unspecified atom stereocenters. The molecule has 2 aromatic rings. The van der Waals surface area contributed by atoms with E-state index in [1.54, 1.807) is 18.5 Å². The summed E-state index contributed by atoms with van der Waals surface area (Å²) in [6.45, 7) is 6.88. The van der Waals surface area contributed by atoms with Crippen molar-refractivity contribution in [2.24, 2.45) is 4.99 Å². The third-order valence-electron chi connectivity index (χ3n) is 5.70. The lowest BCUT2D eigenvalue weighted by atomic mass is 10.0. The Bertz CT molecular complexity index is 943. The first-order valence-corrected chi connectivity index (χ1v) is 11.3. The van der Waals surface area contributed by atoms with Gasteiger partial charge in [0.15, 0.2) is 11.5 Å². The summed E-state index contributed by atoms with van der Waals surface area (Å²) in [5.74, 6) is -0.496. The molecule has 32 heavy (non-hydrogen) atoms. The summed E-state index contributed by atoms with van der Waals surface area (Å²) in [5, 5.41) is 16.3. The highest BCUT2D eigenvalue weighted by Gasteiger charge is 2.37. The Morgan fingerprint density at radius 1 is 1.34 bits per heavy atom. The number of aliphatic hydroxyl groups excluding tert-OH is 1. The molecule has 1 aromatic carbocycles. The number of hydrogen-bond donors (Lipinski definition) is 2. The van der Waals surface area contributed by atoms with Crippen molar-refractivity contribution in [3.8, 4) is 22.1 Å². The quantitative estimate of drug-likeness (QED) is 0.562. The van der Waals surface area contributed by atoms with E-state index in [2.05, 4.69) is 31.6 Å². The zero-order chi connectivity index (χ0) is 22.9. The van der Waals surface area contributed by atoms with Gasteiger partial charge in [-0.1, -0.05) is 6.92 Å². The normalized spacial score (nSPS) is 22.0. The minimum atomic E-state index is -4.97. The van der Waals surface area contributed by atoms with Gasteiger partial charge in [-0.05, 0) is 32.0 Å². The van der Waals surface area contributed by atoms with E-state index in [1.165, 1.54) is 17.4 Å². The van der Waals surface area contributed by atoms with Crippen LogP contribution in [0, 0.1) is 0 Å². The number of thiazole rings is 1. The van der Waals surface area contributed by atoms with Crippen molar-refractivity contribution in [2.45, 2.75) is 50.7 Å². The summed E-state index contributed by atoms with van der Waals surface area (Å²) >= 11 is 1.31. The van der Waals surface area contributed by atoms with Gasteiger partial charge in [-0.15, -0.1) is 24.5 Å². The number of nitrogens with one attached hydrogen (secondary N) is 1. The number of hydrogen-bond acceptors (Lipinski definition) is 8. The molecule has 0 spiro atoms. The molecule has 2 fully saturated rings. The van der Waals surface area contributed by atoms with Gasteiger partial charge in [0.1, 0.15) is 17.4 Å². The molecule has 1 aromatic heterocycles. The van der Waals surface area contributed by atoms with Gasteiger partial charge in [0.25, 0.3) is 0 Å². The number of alkyl halides is 3. The molecule has 4 rings (SSSR count). The average Bonchev–Trinajstić information content (AvgIpc) is 3.40. The Morgan fingerprint density at radius 2 is 2.06 bits per heavy atom. The van der Waals surface area contributed by atoms with Crippen LogP contribution < -0.4 is 14.8 Å². The second-order valence-electron chi connectivity index (χ2n) is 7.93. The second kappa shape index (κ2) is 9.34. The van der Waals surface area contributed by atoms with E-state index in [0.29, 0.717) is 22.7 Å². The number of piperazine rings is 1. The number of aliphatic hydroxyl groups is 1. The summed E-state index contributed by atoms with van der Waals surface area (Å²) in [6.07, 6.45) is -2.19. The summed E-state index contributed by atoms with van der Waals surface area (Å²) in [5.41, 5.74) is 0.207. The zero-order valence-electron chi connectivity index (χ0n) is 17.6. The van der Waals surface area contributed by atoms with Gasteiger partial charge in [-0.25, -0.2) is 4.98 Å². The van der Waals surface area contributed by atoms with Crippen molar-refractivity contribution in [3.63, 3.8) is 0 Å². The fourth-order valence-corrected chi connectivity index (χ4v) is 4.95. The fourth-order valence-electron chi connectivity index (χ4n) is 4.30. The van der Waals surface area contributed by atoms with E-state index in [1.807, 2.05) is 0 Å². The summed E-state index contributed by atoms with van der Waals surface area (Å²) in [6, 6.07) is 2.22. The molecule has 2 saturated heterocycles. The molecule has 174 valence electrons. The molecule has 2 aliphatic rings. The van der Waals surface area contributed by atoms with Gasteiger partial charge in [-0.3, -0.25) is 9.89 Å². The van der Waals surface area contributed by atoms with Crippen LogP contribution in [-0.4, -0.2) is 60.0 Å². The first-order valence-electron chi connectivity index (χ1n) is 10.4. The number of aromatic nitrogens is 1. The van der Waals surface area contributed by atoms with Crippen molar-refractivity contribution in [3.05, 3.63) is 23.2 Å². The maximum atomic E-state index is 13.2. The van der Waals surface area contributed by atoms with E-state index in [4.69, 9.17) is 4.74 Å². The van der Waals surface area contributed by atoms with E-state index in [0.717, 1.165) is 25.9 Å². The monoisotopic (exact) mass is 470 g/mol. The van der Waals surface area contributed by atoms with Gasteiger partial charge in [-0.2, -0.15) is 0 Å². The van der Waals surface area contributed by atoms with E-state index >= 15 is 0 Å². The van der Waals surface area contributed by atoms with Gasteiger partial charge >= 0.3 is 6.36 Å². The highest BCUT2D eigenvalue weighted by atomic mass is 32.1. The maximum Gasteiger partial charge on any atom is 0.573 e. The molecule has 2 bridgehead atoms. The molecule has 0 saturated carbocycles. The van der Waals surface area contributed by atoms with Crippen LogP contribution in [-0.2, 0) is 0 Å². The molecule has 3 atom stereocenters. The number of benzene rings is 1. The van der Waals surface area contributed by atoms with Crippen molar-refractivity contribution < 1.29 is 27.8 Å². The van der Waals surface area contributed by atoms with Gasteiger partial charge in [0.05, 0.1) is 11.7 Å². The fraction of sp³-hybridized carbons (Fsp3) is 0.524. The average molecular weight is 471 g/mol. The molecule has 0 radical (unpaired) electrons. The first kappa shape index (κ1) is 23.0. The number of rotatable bonds is 8. The summed E-state index contributed by atoms with van der Waals surface area (Å²) in [7, 11) is 0. The lowest BCUT2D eigenvalue weighted by molar-refractivity contribution is -0.274. The Morgan fingerprint density at radius 3 is 2.62 bits per heavy atom. The number of aliphatic imine (C=N–C) groups is 1. The Labute approximate surface area is 187 Å². The van der Waals surface area contributed by atoms with Crippen LogP contribution in [0.25, 0.3) is 10.6 Å². The first-order chi connectivity index (χ1) is 15.3. The molecule has 0 aliphatic carbocycles. The Hall–Kier alpha value is -2.21. The van der Waals surface area contributed by atoms with Crippen molar-refractivity contribution in [1.29, 1.82) is 0 Å². The van der Waals surface area contributed by atoms with Crippen molar-refractivity contribution >= 4 is 23.7 Å². The molecule has 11 heteroatoms. The maximum absolute atomic E-state index is 13.2. The number of halogens is 3. The number of likely N-dealkylation sites (tertiary alicyclic amines) is 1. The molecule has 2 N–H and O–H groups in total. The SMILES string of the molecule is C=Nc1c(OCN2CC3CCC(C2)N3)c(-c2nccs2)cc(C(O)CC)c1OC(F)(F)F. The molecule has 2 aliphatic heterocycles. The summed E-state index contributed by atoms with van der Waals surface area (Å²) in [4.78, 5) is 10.3. The van der Waals surface area contributed by atoms with Crippen LogP contribution in [0.4, 0.5) is 18.9 Å². The predicted molar refractivity (Wildman–Crippen MR) is 116 cm³/mol. The molecule has 0 amide bonds. The van der Waals surface area contributed by atoms with Crippen LogP contribution in [0.15, 0.2) is 22.6 Å². The number of fused-ring (bicyclic) bond motifs is 2. The molecule has 7 nitrogen and oxygen atoms in total. The third kappa shape index (κ3) is 4.90. The number of ether oxygens (including phenoxy) is 2. The Balaban J connectivity index is 1.76. The van der Waals surface area contributed by atoms with E-state index in [9.17, 15) is 18.3 Å². The lowest BCUT2D eigenvalue weighted by Gasteiger charge is -2.33. The van der Waals surface area contributed by atoms with Crippen molar-refractivity contribution in [2.75, 3.05) is 19.8 Å². The largest absolute Gasteiger partial charge is 0.573 e. The predicted octanol–water partition coefficient (Wildman–Crippen LogP) is 4.26.